The van der Waals surface area contributed by atoms with E-state index in [1.807, 2.05) is 18.5 Å². The van der Waals surface area contributed by atoms with Gasteiger partial charge in [0, 0.05) is 24.3 Å². The Kier molecular flexibility index (Phi) is 5.24. The molecule has 3 heterocycles. The Balaban J connectivity index is 1.63. The number of hydrogen-bond donors (Lipinski definition) is 1. The van der Waals surface area contributed by atoms with E-state index in [-0.39, 0.29) is 23.5 Å². The third-order valence-corrected chi connectivity index (χ3v) is 5.52. The number of carbonyl (C=O) groups is 2. The van der Waals surface area contributed by atoms with Gasteiger partial charge in [0.25, 0.3) is 5.91 Å². The third-order valence-electron chi connectivity index (χ3n) is 5.52. The topological polar surface area (TPSA) is 80.1 Å². The fourth-order valence-electron chi connectivity index (χ4n) is 3.73. The minimum absolute atomic E-state index is 0.0846. The fraction of sp³-hybridized carbons (Fsp3) is 0.364. The molecule has 1 atom stereocenters. The summed E-state index contributed by atoms with van der Waals surface area (Å²) in [6.07, 6.45) is 3.68. The van der Waals surface area contributed by atoms with Crippen LogP contribution in [0.2, 0.25) is 0 Å². The second kappa shape index (κ2) is 7.85. The van der Waals surface area contributed by atoms with E-state index in [1.54, 1.807) is 18.3 Å². The first-order valence-electron chi connectivity index (χ1n) is 10.1. The number of aryl methyl sites for hydroxylation is 1. The van der Waals surface area contributed by atoms with Crippen molar-refractivity contribution in [3.63, 3.8) is 0 Å². The zero-order valence-corrected chi connectivity index (χ0v) is 17.3. The number of aromatic nitrogens is 3. The molecule has 8 heteroatoms. The highest BCUT2D eigenvalue weighted by Gasteiger charge is 2.24. The van der Waals surface area contributed by atoms with Crippen LogP contribution in [0, 0.1) is 12.7 Å². The molecule has 0 aliphatic carbocycles. The van der Waals surface area contributed by atoms with Gasteiger partial charge in [0.05, 0.1) is 28.9 Å². The molecule has 1 aliphatic rings. The summed E-state index contributed by atoms with van der Waals surface area (Å²) in [6, 6.07) is 6.24. The van der Waals surface area contributed by atoms with Crippen LogP contribution < -0.4 is 10.2 Å². The van der Waals surface area contributed by atoms with Gasteiger partial charge in [0.1, 0.15) is 5.82 Å². The standard InChI is InChI=1S/C22H24FN5O2/c1-4-14(3)28-21-17(12-24-28)16(10-13(2)25-21)22(30)26-15-7-8-19(18(23)11-15)27-9-5-6-20(27)29/h7-8,10-12,14H,4-6,9H2,1-3H3,(H,26,30). The molecule has 156 valence electrons. The zero-order chi connectivity index (χ0) is 21.4. The molecule has 2 aromatic heterocycles. The van der Waals surface area contributed by atoms with Crippen molar-refractivity contribution in [2.45, 2.75) is 46.1 Å². The minimum atomic E-state index is -0.538. The summed E-state index contributed by atoms with van der Waals surface area (Å²) in [5, 5.41) is 7.81. The van der Waals surface area contributed by atoms with Crippen molar-refractivity contribution in [3.8, 4) is 0 Å². The number of fused-ring (bicyclic) bond motifs is 1. The first kappa shape index (κ1) is 20.0. The summed E-state index contributed by atoms with van der Waals surface area (Å²) in [6.45, 7) is 6.45. The first-order chi connectivity index (χ1) is 14.4. The largest absolute Gasteiger partial charge is 0.322 e. The Hall–Kier alpha value is -3.29. The molecule has 0 bridgehead atoms. The highest BCUT2D eigenvalue weighted by atomic mass is 19.1. The lowest BCUT2D eigenvalue weighted by atomic mass is 10.1. The Bertz CT molecular complexity index is 1140. The molecule has 1 aromatic carbocycles. The Morgan fingerprint density at radius 2 is 2.13 bits per heavy atom. The van der Waals surface area contributed by atoms with Crippen LogP contribution in [0.3, 0.4) is 0 Å². The number of nitrogens with one attached hydrogen (secondary N) is 1. The molecule has 1 unspecified atom stereocenters. The fourth-order valence-corrected chi connectivity index (χ4v) is 3.73. The van der Waals surface area contributed by atoms with Gasteiger partial charge in [-0.1, -0.05) is 6.92 Å². The Morgan fingerprint density at radius 3 is 2.80 bits per heavy atom. The maximum atomic E-state index is 14.6. The highest BCUT2D eigenvalue weighted by Crippen LogP contribution is 2.28. The number of halogens is 1. The van der Waals surface area contributed by atoms with E-state index in [0.29, 0.717) is 40.9 Å². The Labute approximate surface area is 173 Å². The summed E-state index contributed by atoms with van der Waals surface area (Å²) in [7, 11) is 0. The average Bonchev–Trinajstić information content (AvgIpc) is 3.33. The molecule has 30 heavy (non-hydrogen) atoms. The van der Waals surface area contributed by atoms with Gasteiger partial charge in [0.15, 0.2) is 5.65 Å². The van der Waals surface area contributed by atoms with E-state index in [4.69, 9.17) is 0 Å². The van der Waals surface area contributed by atoms with Crippen molar-refractivity contribution in [3.05, 3.63) is 47.5 Å². The van der Waals surface area contributed by atoms with Crippen LogP contribution in [0.25, 0.3) is 11.0 Å². The van der Waals surface area contributed by atoms with Crippen LogP contribution in [0.15, 0.2) is 30.5 Å². The number of benzene rings is 1. The number of amides is 2. The van der Waals surface area contributed by atoms with Crippen molar-refractivity contribution in [2.75, 3.05) is 16.8 Å². The summed E-state index contributed by atoms with van der Waals surface area (Å²) in [5.74, 6) is -0.985. The van der Waals surface area contributed by atoms with Crippen LogP contribution in [-0.2, 0) is 4.79 Å². The van der Waals surface area contributed by atoms with Gasteiger partial charge in [0.2, 0.25) is 5.91 Å². The molecule has 4 rings (SSSR count). The van der Waals surface area contributed by atoms with E-state index < -0.39 is 5.82 Å². The van der Waals surface area contributed by atoms with Gasteiger partial charge in [-0.3, -0.25) is 9.59 Å². The lowest BCUT2D eigenvalue weighted by Crippen LogP contribution is -2.24. The number of nitrogens with zero attached hydrogens (tertiary/aromatic N) is 4. The summed E-state index contributed by atoms with van der Waals surface area (Å²) in [4.78, 5) is 30.8. The number of hydrogen-bond acceptors (Lipinski definition) is 4. The molecule has 1 fully saturated rings. The Morgan fingerprint density at radius 1 is 1.33 bits per heavy atom. The van der Waals surface area contributed by atoms with Crippen LogP contribution in [0.4, 0.5) is 15.8 Å². The van der Waals surface area contributed by atoms with E-state index in [1.165, 1.54) is 17.0 Å². The summed E-state index contributed by atoms with van der Waals surface area (Å²) >= 11 is 0. The quantitative estimate of drug-likeness (QED) is 0.684. The van der Waals surface area contributed by atoms with Gasteiger partial charge < -0.3 is 10.2 Å². The molecule has 7 nitrogen and oxygen atoms in total. The second-order valence-corrected chi connectivity index (χ2v) is 7.66. The van der Waals surface area contributed by atoms with Gasteiger partial charge >= 0.3 is 0 Å². The molecule has 1 aliphatic heterocycles. The molecule has 1 saturated heterocycles. The van der Waals surface area contributed by atoms with E-state index in [9.17, 15) is 14.0 Å². The van der Waals surface area contributed by atoms with Crippen LogP contribution in [-0.4, -0.2) is 33.1 Å². The molecule has 2 amide bonds. The summed E-state index contributed by atoms with van der Waals surface area (Å²) < 4.78 is 16.4. The van der Waals surface area contributed by atoms with Crippen LogP contribution in [0.1, 0.15) is 55.2 Å². The predicted octanol–water partition coefficient (Wildman–Crippen LogP) is 4.23. The zero-order valence-electron chi connectivity index (χ0n) is 17.3. The van der Waals surface area contributed by atoms with E-state index in [2.05, 4.69) is 22.3 Å². The number of carbonyl (C=O) groups excluding carboxylic acids is 2. The molecule has 1 N–H and O–H groups in total. The maximum absolute atomic E-state index is 14.6. The second-order valence-electron chi connectivity index (χ2n) is 7.66. The van der Waals surface area contributed by atoms with Crippen LogP contribution in [0.5, 0.6) is 0 Å². The first-order valence-corrected chi connectivity index (χ1v) is 10.1. The number of pyridine rings is 1. The highest BCUT2D eigenvalue weighted by molar-refractivity contribution is 6.12. The smallest absolute Gasteiger partial charge is 0.256 e. The molecular weight excluding hydrogens is 385 g/mol. The van der Waals surface area contributed by atoms with Crippen molar-refractivity contribution in [2.24, 2.45) is 0 Å². The lowest BCUT2D eigenvalue weighted by Gasteiger charge is -2.17. The predicted molar refractivity (Wildman–Crippen MR) is 113 cm³/mol. The van der Waals surface area contributed by atoms with Gasteiger partial charge in [-0.05, 0) is 51.0 Å². The molecule has 3 aromatic rings. The monoisotopic (exact) mass is 409 g/mol. The lowest BCUT2D eigenvalue weighted by molar-refractivity contribution is -0.117. The SMILES string of the molecule is CCC(C)n1ncc2c(C(=O)Nc3ccc(N4CCCC4=O)c(F)c3)cc(C)nc21. The molecule has 0 radical (unpaired) electrons. The van der Waals surface area contributed by atoms with Crippen LogP contribution >= 0.6 is 0 Å². The minimum Gasteiger partial charge on any atom is -0.322 e. The summed E-state index contributed by atoms with van der Waals surface area (Å²) in [5.41, 5.74) is 2.36. The normalized spacial score (nSPS) is 15.1. The number of anilines is 2. The van der Waals surface area contributed by atoms with Gasteiger partial charge in [-0.2, -0.15) is 5.10 Å². The molecule has 0 saturated carbocycles. The van der Waals surface area contributed by atoms with Crippen molar-refractivity contribution in [1.82, 2.24) is 14.8 Å². The maximum Gasteiger partial charge on any atom is 0.256 e. The van der Waals surface area contributed by atoms with Crippen molar-refractivity contribution >= 4 is 34.2 Å². The van der Waals surface area contributed by atoms with E-state index >= 15 is 0 Å². The molecular formula is C22H24FN5O2. The van der Waals surface area contributed by atoms with Gasteiger partial charge in [-0.25, -0.2) is 14.1 Å². The van der Waals surface area contributed by atoms with Crippen molar-refractivity contribution in [1.29, 1.82) is 0 Å². The number of rotatable bonds is 5. The average molecular weight is 409 g/mol. The third kappa shape index (κ3) is 3.53. The van der Waals surface area contributed by atoms with E-state index in [0.717, 1.165) is 12.8 Å². The van der Waals surface area contributed by atoms with Crippen molar-refractivity contribution < 1.29 is 14.0 Å². The molecule has 0 spiro atoms. The van der Waals surface area contributed by atoms with Gasteiger partial charge in [-0.15, -0.1) is 0 Å².